The second-order valence-electron chi connectivity index (χ2n) is 4.54. The molecule has 0 saturated heterocycles. The third-order valence-electron chi connectivity index (χ3n) is 2.96. The average molecular weight is 258 g/mol. The minimum absolute atomic E-state index is 0.0190. The van der Waals surface area contributed by atoms with Crippen LogP contribution >= 0.6 is 0 Å². The summed E-state index contributed by atoms with van der Waals surface area (Å²) in [6, 6.07) is 7.30. The number of methoxy groups -OCH3 is 1. The van der Waals surface area contributed by atoms with Crippen LogP contribution < -0.4 is 10.1 Å². The molecular weight excluding hydrogens is 240 g/mol. The van der Waals surface area contributed by atoms with Crippen molar-refractivity contribution >= 4 is 5.69 Å². The van der Waals surface area contributed by atoms with Crippen molar-refractivity contribution in [3.63, 3.8) is 0 Å². The van der Waals surface area contributed by atoms with Gasteiger partial charge in [0.25, 0.3) is 0 Å². The quantitative estimate of drug-likeness (QED) is 0.883. The van der Waals surface area contributed by atoms with Gasteiger partial charge in [-0.05, 0) is 37.6 Å². The van der Waals surface area contributed by atoms with Crippen molar-refractivity contribution < 1.29 is 9.84 Å². The number of pyridine rings is 1. The van der Waals surface area contributed by atoms with Crippen LogP contribution in [0.4, 0.5) is 5.69 Å². The molecule has 0 aliphatic heterocycles. The fraction of sp³-hybridized carbons (Fsp3) is 0.267. The number of anilines is 1. The number of aromatic hydroxyl groups is 1. The fourth-order valence-electron chi connectivity index (χ4n) is 1.98. The van der Waals surface area contributed by atoms with Crippen LogP contribution in [0.1, 0.15) is 24.1 Å². The molecule has 1 unspecified atom stereocenters. The fourth-order valence-corrected chi connectivity index (χ4v) is 1.98. The van der Waals surface area contributed by atoms with E-state index < -0.39 is 0 Å². The molecular formula is C15H18N2O2. The maximum Gasteiger partial charge on any atom is 0.124 e. The van der Waals surface area contributed by atoms with E-state index in [0.29, 0.717) is 5.75 Å². The summed E-state index contributed by atoms with van der Waals surface area (Å²) in [5.74, 6) is 0.866. The Hall–Kier alpha value is -2.23. The van der Waals surface area contributed by atoms with Crippen LogP contribution in [0.15, 0.2) is 36.7 Å². The van der Waals surface area contributed by atoms with Gasteiger partial charge in [0.15, 0.2) is 0 Å². The molecule has 4 heteroatoms. The number of phenols is 1. The highest BCUT2D eigenvalue weighted by atomic mass is 16.5. The molecule has 0 fully saturated rings. The van der Waals surface area contributed by atoms with Crippen LogP contribution in [0.5, 0.6) is 11.5 Å². The SMILES string of the molecule is COc1ccc(C(C)Nc2cncc(C)c2)c(O)c1. The van der Waals surface area contributed by atoms with Crippen molar-refractivity contribution in [2.24, 2.45) is 0 Å². The molecule has 1 heterocycles. The van der Waals surface area contributed by atoms with E-state index in [2.05, 4.69) is 10.3 Å². The van der Waals surface area contributed by atoms with Gasteiger partial charge in [-0.3, -0.25) is 4.98 Å². The smallest absolute Gasteiger partial charge is 0.124 e. The average Bonchev–Trinajstić information content (AvgIpc) is 2.38. The number of rotatable bonds is 4. The molecule has 0 amide bonds. The molecule has 0 aliphatic carbocycles. The minimum atomic E-state index is -0.0190. The van der Waals surface area contributed by atoms with Crippen molar-refractivity contribution in [3.05, 3.63) is 47.8 Å². The normalized spacial score (nSPS) is 11.9. The summed E-state index contributed by atoms with van der Waals surface area (Å²) in [5, 5.41) is 13.3. The molecule has 2 aromatic rings. The highest BCUT2D eigenvalue weighted by molar-refractivity contribution is 5.48. The molecule has 0 aliphatic rings. The van der Waals surface area contributed by atoms with Crippen LogP contribution in [0.25, 0.3) is 0 Å². The summed E-state index contributed by atoms with van der Waals surface area (Å²) in [4.78, 5) is 4.14. The second-order valence-corrected chi connectivity index (χ2v) is 4.54. The molecule has 1 atom stereocenters. The monoisotopic (exact) mass is 258 g/mol. The van der Waals surface area contributed by atoms with Gasteiger partial charge >= 0.3 is 0 Å². The lowest BCUT2D eigenvalue weighted by Gasteiger charge is -2.17. The van der Waals surface area contributed by atoms with Gasteiger partial charge in [-0.25, -0.2) is 0 Å². The highest BCUT2D eigenvalue weighted by Gasteiger charge is 2.11. The van der Waals surface area contributed by atoms with Gasteiger partial charge in [0.1, 0.15) is 11.5 Å². The first-order valence-electron chi connectivity index (χ1n) is 6.15. The first-order chi connectivity index (χ1) is 9.10. The number of nitrogens with zero attached hydrogens (tertiary/aromatic N) is 1. The van der Waals surface area contributed by atoms with Gasteiger partial charge in [0.05, 0.1) is 18.8 Å². The van der Waals surface area contributed by atoms with E-state index in [9.17, 15) is 5.11 Å². The number of hydrogen-bond acceptors (Lipinski definition) is 4. The van der Waals surface area contributed by atoms with Gasteiger partial charge < -0.3 is 15.2 Å². The standard InChI is InChI=1S/C15H18N2O2/c1-10-6-12(9-16-8-10)17-11(2)14-5-4-13(19-3)7-15(14)18/h4-9,11,17-18H,1-3H3. The van der Waals surface area contributed by atoms with E-state index in [1.54, 1.807) is 25.6 Å². The topological polar surface area (TPSA) is 54.4 Å². The zero-order valence-electron chi connectivity index (χ0n) is 11.3. The molecule has 2 N–H and O–H groups in total. The number of aromatic nitrogens is 1. The third kappa shape index (κ3) is 3.16. The third-order valence-corrected chi connectivity index (χ3v) is 2.96. The van der Waals surface area contributed by atoms with E-state index in [-0.39, 0.29) is 11.8 Å². The number of nitrogens with one attached hydrogen (secondary N) is 1. The van der Waals surface area contributed by atoms with Crippen molar-refractivity contribution in [1.82, 2.24) is 4.98 Å². The van der Waals surface area contributed by atoms with Gasteiger partial charge in [0, 0.05) is 24.0 Å². The number of benzene rings is 1. The van der Waals surface area contributed by atoms with Crippen LogP contribution in [-0.4, -0.2) is 17.2 Å². The zero-order valence-corrected chi connectivity index (χ0v) is 11.3. The Morgan fingerprint density at radius 1 is 1.26 bits per heavy atom. The summed E-state index contributed by atoms with van der Waals surface area (Å²) in [6.45, 7) is 3.98. The molecule has 4 nitrogen and oxygen atoms in total. The maximum absolute atomic E-state index is 9.99. The minimum Gasteiger partial charge on any atom is -0.507 e. The Balaban J connectivity index is 2.18. The van der Waals surface area contributed by atoms with Gasteiger partial charge in [-0.15, -0.1) is 0 Å². The predicted molar refractivity (Wildman–Crippen MR) is 75.7 cm³/mol. The number of ether oxygens (including phenoxy) is 1. The maximum atomic E-state index is 9.99. The van der Waals surface area contributed by atoms with E-state index >= 15 is 0 Å². The number of phenolic OH excluding ortho intramolecular Hbond substituents is 1. The van der Waals surface area contributed by atoms with E-state index in [1.165, 1.54) is 0 Å². The van der Waals surface area contributed by atoms with Crippen LogP contribution in [0.2, 0.25) is 0 Å². The molecule has 100 valence electrons. The summed E-state index contributed by atoms with van der Waals surface area (Å²) in [7, 11) is 1.58. The van der Waals surface area contributed by atoms with Gasteiger partial charge in [0.2, 0.25) is 0 Å². The second kappa shape index (κ2) is 5.61. The van der Waals surface area contributed by atoms with E-state index in [0.717, 1.165) is 16.8 Å². The van der Waals surface area contributed by atoms with Crippen molar-refractivity contribution in [3.8, 4) is 11.5 Å². The molecule has 0 radical (unpaired) electrons. The van der Waals surface area contributed by atoms with E-state index in [4.69, 9.17) is 4.74 Å². The van der Waals surface area contributed by atoms with Crippen molar-refractivity contribution in [2.45, 2.75) is 19.9 Å². The molecule has 1 aromatic carbocycles. The molecule has 0 saturated carbocycles. The molecule has 1 aromatic heterocycles. The van der Waals surface area contributed by atoms with Crippen LogP contribution in [0.3, 0.4) is 0 Å². The first kappa shape index (κ1) is 13.2. The Bertz CT molecular complexity index is 570. The first-order valence-corrected chi connectivity index (χ1v) is 6.15. The Morgan fingerprint density at radius 3 is 2.68 bits per heavy atom. The van der Waals surface area contributed by atoms with Crippen molar-refractivity contribution in [2.75, 3.05) is 12.4 Å². The van der Waals surface area contributed by atoms with Crippen molar-refractivity contribution in [1.29, 1.82) is 0 Å². The summed E-state index contributed by atoms with van der Waals surface area (Å²) >= 11 is 0. The Labute approximate surface area is 113 Å². The lowest BCUT2D eigenvalue weighted by molar-refractivity contribution is 0.406. The summed E-state index contributed by atoms with van der Waals surface area (Å²) < 4.78 is 5.07. The largest absolute Gasteiger partial charge is 0.507 e. The van der Waals surface area contributed by atoms with Crippen LogP contribution in [-0.2, 0) is 0 Å². The number of aryl methyl sites for hydroxylation is 1. The lowest BCUT2D eigenvalue weighted by Crippen LogP contribution is -2.07. The van der Waals surface area contributed by atoms with E-state index in [1.807, 2.05) is 32.0 Å². The predicted octanol–water partition coefficient (Wildman–Crippen LogP) is 3.28. The van der Waals surface area contributed by atoms with Crippen LogP contribution in [0, 0.1) is 6.92 Å². The highest BCUT2D eigenvalue weighted by Crippen LogP contribution is 2.30. The van der Waals surface area contributed by atoms with Gasteiger partial charge in [-0.1, -0.05) is 0 Å². The summed E-state index contributed by atoms with van der Waals surface area (Å²) in [5.41, 5.74) is 2.85. The Morgan fingerprint density at radius 2 is 2.05 bits per heavy atom. The molecule has 0 bridgehead atoms. The molecule has 19 heavy (non-hydrogen) atoms. The Kier molecular flexibility index (Phi) is 3.90. The van der Waals surface area contributed by atoms with Gasteiger partial charge in [-0.2, -0.15) is 0 Å². The summed E-state index contributed by atoms with van der Waals surface area (Å²) in [6.07, 6.45) is 3.57. The molecule has 2 rings (SSSR count). The lowest BCUT2D eigenvalue weighted by atomic mass is 10.1. The molecule has 0 spiro atoms. The number of hydrogen-bond donors (Lipinski definition) is 2. The zero-order chi connectivity index (χ0) is 13.8.